The average Bonchev–Trinajstić information content (AvgIpc) is 3.07. The number of ether oxygens (including phenoxy) is 2. The number of carbonyl (C=O) groups is 2. The van der Waals surface area contributed by atoms with Gasteiger partial charge in [-0.2, -0.15) is 0 Å². The average molecular weight is 439 g/mol. The van der Waals surface area contributed by atoms with Crippen LogP contribution in [0.1, 0.15) is 31.2 Å². The van der Waals surface area contributed by atoms with Crippen LogP contribution in [0.2, 0.25) is 0 Å². The second kappa shape index (κ2) is 8.86. The number of benzene rings is 2. The van der Waals surface area contributed by atoms with Crippen molar-refractivity contribution in [1.29, 1.82) is 0 Å². The summed E-state index contributed by atoms with van der Waals surface area (Å²) in [6.07, 6.45) is 3.23. The van der Waals surface area contributed by atoms with E-state index in [9.17, 15) is 19.7 Å². The first-order chi connectivity index (χ1) is 15.4. The van der Waals surface area contributed by atoms with Crippen LogP contribution >= 0.6 is 0 Å². The number of methoxy groups -OCH3 is 2. The van der Waals surface area contributed by atoms with E-state index in [4.69, 9.17) is 9.47 Å². The van der Waals surface area contributed by atoms with Crippen molar-refractivity contribution in [2.45, 2.75) is 32.2 Å². The van der Waals surface area contributed by atoms with Crippen LogP contribution in [0.25, 0.3) is 0 Å². The van der Waals surface area contributed by atoms with Gasteiger partial charge in [-0.25, -0.2) is 4.90 Å². The smallest absolute Gasteiger partial charge is 0.294 e. The van der Waals surface area contributed by atoms with Crippen molar-refractivity contribution in [3.8, 4) is 11.5 Å². The molecule has 2 amide bonds. The molecule has 2 atom stereocenters. The number of rotatable bonds is 7. The number of hydrogen-bond acceptors (Lipinski definition) is 7. The number of carbonyl (C=O) groups excluding carboxylic acids is 2. The molecule has 2 unspecified atom stereocenters. The Morgan fingerprint density at radius 3 is 2.12 bits per heavy atom. The Morgan fingerprint density at radius 2 is 1.59 bits per heavy atom. The number of nitro groups is 1. The summed E-state index contributed by atoms with van der Waals surface area (Å²) in [7, 11) is 3.10. The Balaban J connectivity index is 1.58. The standard InChI is InChI=1S/C23H25N3O6/c1-31-16-9-14(10-17(12-16)32-2)13-24-20-8-7-15(11-21(20)26(29)30)25-22(27)18-5-3-4-6-19(18)23(25)28/h7-12,18-19,24H,3-6,13H2,1-2H3. The van der Waals surface area contributed by atoms with Gasteiger partial charge in [0.2, 0.25) is 11.8 Å². The summed E-state index contributed by atoms with van der Waals surface area (Å²) in [4.78, 5) is 38.1. The monoisotopic (exact) mass is 439 g/mol. The maximum absolute atomic E-state index is 12.8. The first-order valence-corrected chi connectivity index (χ1v) is 10.5. The lowest BCUT2D eigenvalue weighted by Crippen LogP contribution is -2.30. The molecule has 0 bridgehead atoms. The Hall–Kier alpha value is -3.62. The van der Waals surface area contributed by atoms with Gasteiger partial charge < -0.3 is 14.8 Å². The molecule has 1 N–H and O–H groups in total. The Kier molecular flexibility index (Phi) is 5.98. The highest BCUT2D eigenvalue weighted by molar-refractivity contribution is 6.22. The molecule has 2 fully saturated rings. The van der Waals surface area contributed by atoms with E-state index in [0.29, 0.717) is 30.9 Å². The number of nitrogens with one attached hydrogen (secondary N) is 1. The van der Waals surface area contributed by atoms with Crippen LogP contribution in [0.4, 0.5) is 17.1 Å². The van der Waals surface area contributed by atoms with Crippen molar-refractivity contribution in [2.24, 2.45) is 11.8 Å². The normalized spacial score (nSPS) is 20.1. The molecule has 168 valence electrons. The molecule has 1 aliphatic heterocycles. The lowest BCUT2D eigenvalue weighted by atomic mass is 9.81. The molecular weight excluding hydrogens is 414 g/mol. The van der Waals surface area contributed by atoms with Gasteiger partial charge in [0.25, 0.3) is 5.69 Å². The molecule has 4 rings (SSSR count). The number of fused-ring (bicyclic) bond motifs is 1. The molecule has 0 aromatic heterocycles. The summed E-state index contributed by atoms with van der Waals surface area (Å²) in [6.45, 7) is 0.291. The van der Waals surface area contributed by atoms with Crippen LogP contribution in [0.3, 0.4) is 0 Å². The van der Waals surface area contributed by atoms with Gasteiger partial charge in [0.1, 0.15) is 17.2 Å². The van der Waals surface area contributed by atoms with Crippen LogP contribution < -0.4 is 19.7 Å². The third-order valence-electron chi connectivity index (χ3n) is 6.17. The van der Waals surface area contributed by atoms with Crippen molar-refractivity contribution >= 4 is 28.9 Å². The molecule has 1 saturated carbocycles. The zero-order chi connectivity index (χ0) is 22.8. The topological polar surface area (TPSA) is 111 Å². The lowest BCUT2D eigenvalue weighted by Gasteiger charge is -2.19. The van der Waals surface area contributed by atoms with Crippen LogP contribution in [-0.2, 0) is 16.1 Å². The SMILES string of the molecule is COc1cc(CNc2ccc(N3C(=O)C4CCCCC4C3=O)cc2[N+](=O)[O-])cc(OC)c1. The molecule has 1 saturated heterocycles. The summed E-state index contributed by atoms with van der Waals surface area (Å²) in [6, 6.07) is 9.75. The predicted octanol–water partition coefficient (Wildman–Crippen LogP) is 3.90. The van der Waals surface area contributed by atoms with Gasteiger partial charge >= 0.3 is 0 Å². The highest BCUT2D eigenvalue weighted by atomic mass is 16.6. The highest BCUT2D eigenvalue weighted by Crippen LogP contribution is 2.41. The van der Waals surface area contributed by atoms with E-state index in [-0.39, 0.29) is 40.7 Å². The first-order valence-electron chi connectivity index (χ1n) is 10.5. The van der Waals surface area contributed by atoms with E-state index >= 15 is 0 Å². The van der Waals surface area contributed by atoms with Gasteiger partial charge in [0.15, 0.2) is 0 Å². The number of nitrogens with zero attached hydrogens (tertiary/aromatic N) is 2. The third kappa shape index (κ3) is 3.98. The van der Waals surface area contributed by atoms with Crippen LogP contribution in [-0.4, -0.2) is 31.0 Å². The Labute approximate surface area is 185 Å². The molecule has 0 radical (unpaired) electrons. The minimum absolute atomic E-state index is 0.201. The maximum Gasteiger partial charge on any atom is 0.294 e. The fourth-order valence-corrected chi connectivity index (χ4v) is 4.54. The van der Waals surface area contributed by atoms with Gasteiger partial charge in [0.05, 0.1) is 36.7 Å². The van der Waals surface area contributed by atoms with E-state index in [2.05, 4.69) is 5.32 Å². The first kappa shape index (κ1) is 21.6. The molecule has 2 aromatic carbocycles. The number of nitro benzene ring substituents is 1. The summed E-state index contributed by atoms with van der Waals surface area (Å²) >= 11 is 0. The molecular formula is C23H25N3O6. The van der Waals surface area contributed by atoms with E-state index < -0.39 is 4.92 Å². The molecule has 32 heavy (non-hydrogen) atoms. The fraction of sp³-hybridized carbons (Fsp3) is 0.391. The zero-order valence-electron chi connectivity index (χ0n) is 18.0. The molecule has 9 nitrogen and oxygen atoms in total. The predicted molar refractivity (Wildman–Crippen MR) is 118 cm³/mol. The fourth-order valence-electron chi connectivity index (χ4n) is 4.54. The van der Waals surface area contributed by atoms with E-state index in [1.807, 2.05) is 0 Å². The summed E-state index contributed by atoms with van der Waals surface area (Å²) < 4.78 is 10.5. The summed E-state index contributed by atoms with van der Waals surface area (Å²) in [5.74, 6) is 0.0979. The number of anilines is 2. The van der Waals surface area contributed by atoms with Crippen molar-refractivity contribution in [1.82, 2.24) is 0 Å². The Bertz CT molecular complexity index is 1020. The van der Waals surface area contributed by atoms with Crippen LogP contribution in [0, 0.1) is 22.0 Å². The van der Waals surface area contributed by atoms with Gasteiger partial charge in [-0.1, -0.05) is 12.8 Å². The quantitative estimate of drug-likeness (QED) is 0.396. The van der Waals surface area contributed by atoms with E-state index in [1.165, 1.54) is 12.1 Å². The summed E-state index contributed by atoms with van der Waals surface area (Å²) in [5, 5.41) is 14.8. The van der Waals surface area contributed by atoms with E-state index in [1.54, 1.807) is 38.5 Å². The third-order valence-corrected chi connectivity index (χ3v) is 6.17. The van der Waals surface area contributed by atoms with Crippen molar-refractivity contribution in [3.63, 3.8) is 0 Å². The van der Waals surface area contributed by atoms with Gasteiger partial charge in [-0.05, 0) is 42.7 Å². The Morgan fingerprint density at radius 1 is 1.00 bits per heavy atom. The van der Waals surface area contributed by atoms with Crippen molar-refractivity contribution in [3.05, 3.63) is 52.1 Å². The summed E-state index contributed by atoms with van der Waals surface area (Å²) in [5.41, 5.74) is 1.15. The minimum Gasteiger partial charge on any atom is -0.497 e. The van der Waals surface area contributed by atoms with Crippen LogP contribution in [0.15, 0.2) is 36.4 Å². The second-order valence-electron chi connectivity index (χ2n) is 8.04. The molecule has 2 aromatic rings. The molecule has 2 aliphatic rings. The molecule has 0 spiro atoms. The molecule has 1 aliphatic carbocycles. The number of hydrogen-bond donors (Lipinski definition) is 1. The van der Waals surface area contributed by atoms with E-state index in [0.717, 1.165) is 23.3 Å². The highest BCUT2D eigenvalue weighted by Gasteiger charge is 2.49. The maximum atomic E-state index is 12.8. The number of amides is 2. The molecule has 9 heteroatoms. The van der Waals surface area contributed by atoms with Gasteiger partial charge in [-0.3, -0.25) is 19.7 Å². The largest absolute Gasteiger partial charge is 0.497 e. The van der Waals surface area contributed by atoms with Crippen LogP contribution in [0.5, 0.6) is 11.5 Å². The van der Waals surface area contributed by atoms with Gasteiger partial charge in [-0.15, -0.1) is 0 Å². The second-order valence-corrected chi connectivity index (χ2v) is 8.04. The lowest BCUT2D eigenvalue weighted by molar-refractivity contribution is -0.383. The van der Waals surface area contributed by atoms with Crippen molar-refractivity contribution < 1.29 is 24.0 Å². The zero-order valence-corrected chi connectivity index (χ0v) is 18.0. The number of imide groups is 1. The van der Waals surface area contributed by atoms with Crippen molar-refractivity contribution in [2.75, 3.05) is 24.4 Å². The minimum atomic E-state index is -0.518. The molecule has 1 heterocycles. The van der Waals surface area contributed by atoms with Gasteiger partial charge in [0, 0.05) is 18.7 Å².